The number of carbonyl (C=O) groups excluding carboxylic acids is 3. The van der Waals surface area contributed by atoms with Crippen LogP contribution in [0.2, 0.25) is 0 Å². The van der Waals surface area contributed by atoms with Crippen LogP contribution in [0.5, 0.6) is 0 Å². The van der Waals surface area contributed by atoms with Gasteiger partial charge in [0.05, 0.1) is 18.8 Å². The first-order valence-corrected chi connectivity index (χ1v) is 10.8. The van der Waals surface area contributed by atoms with Crippen molar-refractivity contribution >= 4 is 29.2 Å². The summed E-state index contributed by atoms with van der Waals surface area (Å²) in [6.07, 6.45) is 0.692. The lowest BCUT2D eigenvalue weighted by atomic mass is 10.1. The Hall–Kier alpha value is -3.68. The molecule has 2 aliphatic rings. The quantitative estimate of drug-likeness (QED) is 0.605. The van der Waals surface area contributed by atoms with Crippen LogP contribution in [-0.4, -0.2) is 81.8 Å². The lowest BCUT2D eigenvalue weighted by Crippen LogP contribution is -2.45. The smallest absolute Gasteiger partial charge is 0.414 e. The number of ether oxygens (including phenoxy) is 1. The van der Waals surface area contributed by atoms with Crippen LogP contribution in [-0.2, 0) is 20.9 Å². The van der Waals surface area contributed by atoms with Crippen LogP contribution >= 0.6 is 0 Å². The normalized spacial score (nSPS) is 18.7. The van der Waals surface area contributed by atoms with Crippen molar-refractivity contribution < 1.29 is 27.9 Å². The van der Waals surface area contributed by atoms with E-state index in [0.29, 0.717) is 6.42 Å². The van der Waals surface area contributed by atoms with E-state index >= 15 is 8.78 Å². The predicted octanol–water partition coefficient (Wildman–Crippen LogP) is 0.499. The van der Waals surface area contributed by atoms with Gasteiger partial charge < -0.3 is 14.4 Å². The number of nitrogens with one attached hydrogen (secondary N) is 1. The minimum Gasteiger partial charge on any atom is -0.444 e. The maximum atomic E-state index is 15.0. The molecule has 4 rings (SSSR count). The van der Waals surface area contributed by atoms with Gasteiger partial charge in [0, 0.05) is 38.2 Å². The molecule has 12 nitrogen and oxygen atoms in total. The van der Waals surface area contributed by atoms with Crippen molar-refractivity contribution in [2.45, 2.75) is 32.4 Å². The van der Waals surface area contributed by atoms with E-state index in [1.54, 1.807) is 0 Å². The fraction of sp³-hybridized carbons (Fsp3) is 0.500. The van der Waals surface area contributed by atoms with Crippen LogP contribution in [0.25, 0.3) is 0 Å². The molecule has 2 saturated heterocycles. The van der Waals surface area contributed by atoms with Gasteiger partial charge in [0.2, 0.25) is 0 Å². The third-order valence-corrected chi connectivity index (χ3v) is 5.59. The van der Waals surface area contributed by atoms with E-state index < -0.39 is 23.8 Å². The fourth-order valence-electron chi connectivity index (χ4n) is 3.90. The summed E-state index contributed by atoms with van der Waals surface area (Å²) in [7, 11) is 0. The number of anilines is 2. The molecule has 1 atom stereocenters. The first-order valence-electron chi connectivity index (χ1n) is 10.8. The number of hydrogen-bond acceptors (Lipinski definition) is 9. The van der Waals surface area contributed by atoms with Gasteiger partial charge in [-0.25, -0.2) is 23.7 Å². The van der Waals surface area contributed by atoms with Crippen molar-refractivity contribution in [1.82, 2.24) is 30.6 Å². The molecule has 182 valence electrons. The minimum atomic E-state index is -0.830. The van der Waals surface area contributed by atoms with Crippen LogP contribution in [0.4, 0.5) is 25.0 Å². The number of cyclic esters (lactones) is 1. The second-order valence-corrected chi connectivity index (χ2v) is 8.06. The molecule has 34 heavy (non-hydrogen) atoms. The van der Waals surface area contributed by atoms with E-state index in [9.17, 15) is 14.4 Å². The van der Waals surface area contributed by atoms with E-state index in [1.807, 2.05) is 0 Å². The van der Waals surface area contributed by atoms with Gasteiger partial charge >= 0.3 is 6.09 Å². The zero-order valence-electron chi connectivity index (χ0n) is 18.5. The average Bonchev–Trinajstić information content (AvgIpc) is 3.35. The van der Waals surface area contributed by atoms with Gasteiger partial charge in [-0.3, -0.25) is 14.7 Å². The first kappa shape index (κ1) is 23.5. The lowest BCUT2D eigenvalue weighted by Gasteiger charge is -2.25. The molecule has 0 unspecified atom stereocenters. The molecular formula is C20H24F2N8O4. The molecule has 2 aliphatic heterocycles. The maximum Gasteiger partial charge on any atom is 0.414 e. The highest BCUT2D eigenvalue weighted by molar-refractivity contribution is 5.90. The number of rotatable bonds is 7. The number of nitrogens with zero attached hydrogens (tertiary/aromatic N) is 7. The number of carbonyl (C=O) groups is 3. The summed E-state index contributed by atoms with van der Waals surface area (Å²) in [5, 5.41) is 12.0. The number of amides is 2. The molecule has 0 radical (unpaired) electrons. The van der Waals surface area contributed by atoms with Crippen LogP contribution in [0.1, 0.15) is 19.8 Å². The Balaban J connectivity index is 1.42. The van der Waals surface area contributed by atoms with Crippen LogP contribution in [0, 0.1) is 11.6 Å². The Morgan fingerprint density at radius 1 is 1.21 bits per heavy atom. The molecule has 1 aromatic carbocycles. The third-order valence-electron chi connectivity index (χ3n) is 5.59. The molecule has 1 N–H and O–H groups in total. The molecule has 0 spiro atoms. The highest BCUT2D eigenvalue weighted by Gasteiger charge is 2.34. The Labute approximate surface area is 193 Å². The molecule has 3 heterocycles. The van der Waals surface area contributed by atoms with E-state index in [0.717, 1.165) is 17.0 Å². The van der Waals surface area contributed by atoms with Crippen molar-refractivity contribution in [3.63, 3.8) is 0 Å². The van der Waals surface area contributed by atoms with Crippen molar-refractivity contribution in [3.8, 4) is 0 Å². The number of aromatic nitrogens is 4. The standard InChI is InChI=1S/C20H24F2N8O4/c1-13(31)2-3-15-10-29(20(33)34-15)14-8-16(21)19(17(22)9-14)27-5-4-24-30(7-6-27)18(32)11-28-12-23-25-26-28/h8-9,12,15,24H,2-7,10-11H2,1H3/t15-/m0/s1. The summed E-state index contributed by atoms with van der Waals surface area (Å²) in [5.41, 5.74) is 2.75. The Kier molecular flexibility index (Phi) is 6.95. The van der Waals surface area contributed by atoms with Crippen molar-refractivity contribution in [3.05, 3.63) is 30.1 Å². The molecule has 2 aromatic rings. The van der Waals surface area contributed by atoms with Gasteiger partial charge in [-0.15, -0.1) is 5.10 Å². The Morgan fingerprint density at radius 2 is 1.97 bits per heavy atom. The van der Waals surface area contributed by atoms with Gasteiger partial charge in [0.15, 0.2) is 11.6 Å². The van der Waals surface area contributed by atoms with Crippen molar-refractivity contribution in [2.24, 2.45) is 0 Å². The van der Waals surface area contributed by atoms with E-state index in [2.05, 4.69) is 21.0 Å². The number of ketones is 1. The number of Topliss-reactive ketones (excluding diaryl/α,β-unsaturated/α-hetero) is 1. The summed E-state index contributed by atoms with van der Waals surface area (Å²) in [4.78, 5) is 38.5. The van der Waals surface area contributed by atoms with E-state index in [4.69, 9.17) is 4.74 Å². The van der Waals surface area contributed by atoms with Crippen LogP contribution in [0.15, 0.2) is 18.5 Å². The molecule has 2 fully saturated rings. The number of tetrazole rings is 1. The summed E-state index contributed by atoms with van der Waals surface area (Å²) in [6, 6.07) is 2.18. The molecular weight excluding hydrogens is 454 g/mol. The highest BCUT2D eigenvalue weighted by Crippen LogP contribution is 2.31. The maximum absolute atomic E-state index is 15.0. The number of hydrogen-bond donors (Lipinski definition) is 1. The number of benzene rings is 1. The summed E-state index contributed by atoms with van der Waals surface area (Å²) in [5.74, 6) is -1.98. The summed E-state index contributed by atoms with van der Waals surface area (Å²) < 4.78 is 36.6. The van der Waals surface area contributed by atoms with Crippen molar-refractivity contribution in [2.75, 3.05) is 42.5 Å². The highest BCUT2D eigenvalue weighted by atomic mass is 19.1. The minimum absolute atomic E-state index is 0.0291. The first-order chi connectivity index (χ1) is 16.3. The van der Waals surface area contributed by atoms with Gasteiger partial charge in [0.25, 0.3) is 5.91 Å². The van der Waals surface area contributed by atoms with E-state index in [1.165, 1.54) is 27.8 Å². The number of halogens is 2. The van der Waals surface area contributed by atoms with Gasteiger partial charge in [0.1, 0.15) is 30.4 Å². The van der Waals surface area contributed by atoms with Crippen LogP contribution < -0.4 is 15.2 Å². The molecule has 0 aliphatic carbocycles. The van der Waals surface area contributed by atoms with E-state index in [-0.39, 0.29) is 68.8 Å². The SMILES string of the molecule is CC(=O)CC[C@H]1CN(c2cc(F)c(N3CCNN(C(=O)Cn4cnnn4)CC3)c(F)c2)C(=O)O1. The summed E-state index contributed by atoms with van der Waals surface area (Å²) in [6.45, 7) is 2.37. The topological polar surface area (TPSA) is 126 Å². The summed E-state index contributed by atoms with van der Waals surface area (Å²) >= 11 is 0. The number of hydrazine groups is 1. The van der Waals surface area contributed by atoms with Gasteiger partial charge in [-0.05, 0) is 23.8 Å². The van der Waals surface area contributed by atoms with Gasteiger partial charge in [-0.1, -0.05) is 0 Å². The fourth-order valence-corrected chi connectivity index (χ4v) is 3.90. The molecule has 0 saturated carbocycles. The molecule has 0 bridgehead atoms. The molecule has 1 aromatic heterocycles. The lowest BCUT2D eigenvalue weighted by molar-refractivity contribution is -0.134. The van der Waals surface area contributed by atoms with Crippen LogP contribution in [0.3, 0.4) is 0 Å². The van der Waals surface area contributed by atoms with Crippen molar-refractivity contribution in [1.29, 1.82) is 0 Å². The molecule has 2 amide bonds. The second kappa shape index (κ2) is 10.1. The van der Waals surface area contributed by atoms with Gasteiger partial charge in [-0.2, -0.15) is 0 Å². The predicted molar refractivity (Wildman–Crippen MR) is 114 cm³/mol. The largest absolute Gasteiger partial charge is 0.444 e. The third kappa shape index (κ3) is 5.27. The second-order valence-electron chi connectivity index (χ2n) is 8.06. The Morgan fingerprint density at radius 3 is 2.65 bits per heavy atom. The zero-order valence-corrected chi connectivity index (χ0v) is 18.5. The monoisotopic (exact) mass is 478 g/mol. The Bertz CT molecular complexity index is 1040. The average molecular weight is 478 g/mol. The zero-order chi connectivity index (χ0) is 24.2. The molecule has 14 heteroatoms.